The van der Waals surface area contributed by atoms with Crippen molar-refractivity contribution in [1.29, 1.82) is 0 Å². The summed E-state index contributed by atoms with van der Waals surface area (Å²) in [7, 11) is 0. The van der Waals surface area contributed by atoms with E-state index in [-0.39, 0.29) is 0 Å². The third kappa shape index (κ3) is 2.16. The van der Waals surface area contributed by atoms with Crippen LogP contribution in [0.4, 0.5) is 5.69 Å². The predicted octanol–water partition coefficient (Wildman–Crippen LogP) is 2.37. The maximum absolute atomic E-state index is 5.60. The fraction of sp³-hybridized carbons (Fsp3) is 0.400. The number of nitrogen functional groups attached to an aromatic ring is 1. The van der Waals surface area contributed by atoms with Crippen molar-refractivity contribution in [3.8, 4) is 5.75 Å². The number of rotatable bonds is 3. The summed E-state index contributed by atoms with van der Waals surface area (Å²) < 4.78 is 5.49. The minimum atomic E-state index is 0.769. The summed E-state index contributed by atoms with van der Waals surface area (Å²) in [6, 6.07) is 5.70. The predicted molar refractivity (Wildman–Crippen MR) is 51.4 cm³/mol. The molecule has 0 unspecified atom stereocenters. The Bertz CT molecular complexity index is 258. The molecule has 0 fully saturated rings. The molecule has 1 aromatic rings. The third-order valence-corrected chi connectivity index (χ3v) is 1.66. The van der Waals surface area contributed by atoms with E-state index in [9.17, 15) is 0 Å². The molecule has 0 amide bonds. The molecule has 66 valence electrons. The van der Waals surface area contributed by atoms with Gasteiger partial charge in [-0.15, -0.1) is 0 Å². The van der Waals surface area contributed by atoms with Crippen molar-refractivity contribution in [1.82, 2.24) is 0 Å². The van der Waals surface area contributed by atoms with Crippen molar-refractivity contribution < 1.29 is 4.74 Å². The number of hydrogen-bond donors (Lipinski definition) is 1. The lowest BCUT2D eigenvalue weighted by molar-refractivity contribution is 0.315. The molecule has 12 heavy (non-hydrogen) atoms. The largest absolute Gasteiger partial charge is 0.493 e. The van der Waals surface area contributed by atoms with Gasteiger partial charge in [-0.25, -0.2) is 0 Å². The molecule has 0 saturated carbocycles. The zero-order valence-electron chi connectivity index (χ0n) is 7.63. The Morgan fingerprint density at radius 2 is 2.17 bits per heavy atom. The molecular formula is C10H15NO. The van der Waals surface area contributed by atoms with Gasteiger partial charge in [0.15, 0.2) is 0 Å². The number of hydrogen-bond acceptors (Lipinski definition) is 2. The summed E-state index contributed by atoms with van der Waals surface area (Å²) in [6.07, 6.45) is 1.03. The van der Waals surface area contributed by atoms with Crippen LogP contribution in [-0.2, 0) is 0 Å². The van der Waals surface area contributed by atoms with Crippen LogP contribution in [0, 0.1) is 6.92 Å². The van der Waals surface area contributed by atoms with Crippen molar-refractivity contribution >= 4 is 5.69 Å². The number of ether oxygens (including phenoxy) is 1. The highest BCUT2D eigenvalue weighted by Gasteiger charge is 1.97. The summed E-state index contributed by atoms with van der Waals surface area (Å²) in [4.78, 5) is 0. The Labute approximate surface area is 73.3 Å². The van der Waals surface area contributed by atoms with Crippen LogP contribution in [0.2, 0.25) is 0 Å². The second kappa shape index (κ2) is 4.00. The molecule has 0 aliphatic carbocycles. The van der Waals surface area contributed by atoms with E-state index in [0.29, 0.717) is 0 Å². The first-order chi connectivity index (χ1) is 5.74. The monoisotopic (exact) mass is 165 g/mol. The number of nitrogens with two attached hydrogens (primary N) is 1. The molecule has 0 aromatic heterocycles. The van der Waals surface area contributed by atoms with Crippen LogP contribution in [0.15, 0.2) is 18.2 Å². The van der Waals surface area contributed by atoms with E-state index in [1.54, 1.807) is 0 Å². The van der Waals surface area contributed by atoms with Gasteiger partial charge in [-0.3, -0.25) is 0 Å². The van der Waals surface area contributed by atoms with Crippen LogP contribution in [0.3, 0.4) is 0 Å². The molecule has 2 nitrogen and oxygen atoms in total. The molecule has 0 aliphatic rings. The maximum atomic E-state index is 5.60. The van der Waals surface area contributed by atoms with Gasteiger partial charge >= 0.3 is 0 Å². The van der Waals surface area contributed by atoms with E-state index >= 15 is 0 Å². The molecule has 2 N–H and O–H groups in total. The molecule has 0 aliphatic heterocycles. The quantitative estimate of drug-likeness (QED) is 0.698. The van der Waals surface area contributed by atoms with E-state index in [4.69, 9.17) is 10.5 Å². The third-order valence-electron chi connectivity index (χ3n) is 1.66. The summed E-state index contributed by atoms with van der Waals surface area (Å²) in [5, 5.41) is 0. The first-order valence-electron chi connectivity index (χ1n) is 4.23. The molecular weight excluding hydrogens is 150 g/mol. The molecule has 2 heteroatoms. The van der Waals surface area contributed by atoms with Gasteiger partial charge in [0, 0.05) is 5.69 Å². The highest BCUT2D eigenvalue weighted by molar-refractivity contribution is 5.47. The van der Waals surface area contributed by atoms with E-state index in [0.717, 1.165) is 30.0 Å². The van der Waals surface area contributed by atoms with Crippen molar-refractivity contribution in [2.24, 2.45) is 0 Å². The van der Waals surface area contributed by atoms with Crippen molar-refractivity contribution in [2.45, 2.75) is 20.3 Å². The summed E-state index contributed by atoms with van der Waals surface area (Å²) in [6.45, 7) is 4.86. The molecule has 0 radical (unpaired) electrons. The van der Waals surface area contributed by atoms with Gasteiger partial charge in [0.1, 0.15) is 5.75 Å². The van der Waals surface area contributed by atoms with Crippen LogP contribution in [0.5, 0.6) is 5.75 Å². The average Bonchev–Trinajstić information content (AvgIpc) is 2.03. The minimum Gasteiger partial charge on any atom is -0.493 e. The Hall–Kier alpha value is -1.18. The van der Waals surface area contributed by atoms with Crippen LogP contribution in [0.1, 0.15) is 18.9 Å². The number of anilines is 1. The van der Waals surface area contributed by atoms with Gasteiger partial charge in [-0.05, 0) is 37.1 Å². The van der Waals surface area contributed by atoms with E-state index in [1.807, 2.05) is 25.1 Å². The Balaban J connectivity index is 2.72. The van der Waals surface area contributed by atoms with E-state index in [1.165, 1.54) is 0 Å². The highest BCUT2D eigenvalue weighted by Crippen LogP contribution is 2.19. The molecule has 0 bridgehead atoms. The normalized spacial score (nSPS) is 9.83. The lowest BCUT2D eigenvalue weighted by atomic mass is 10.2. The Morgan fingerprint density at radius 1 is 1.42 bits per heavy atom. The van der Waals surface area contributed by atoms with Gasteiger partial charge in [-0.1, -0.05) is 6.92 Å². The Morgan fingerprint density at radius 3 is 2.75 bits per heavy atom. The van der Waals surface area contributed by atoms with Gasteiger partial charge in [0.05, 0.1) is 6.61 Å². The summed E-state index contributed by atoms with van der Waals surface area (Å²) in [5.74, 6) is 0.936. The molecule has 0 atom stereocenters. The lowest BCUT2D eigenvalue weighted by Crippen LogP contribution is -1.97. The lowest BCUT2D eigenvalue weighted by Gasteiger charge is -2.07. The van der Waals surface area contributed by atoms with Gasteiger partial charge in [-0.2, -0.15) is 0 Å². The SMILES string of the molecule is CCCOc1ccc(N)cc1C. The molecule has 1 aromatic carbocycles. The zero-order valence-corrected chi connectivity index (χ0v) is 7.63. The first kappa shape index (κ1) is 8.91. The molecule has 0 spiro atoms. The van der Waals surface area contributed by atoms with Gasteiger partial charge in [0.25, 0.3) is 0 Å². The number of aryl methyl sites for hydroxylation is 1. The van der Waals surface area contributed by atoms with Gasteiger partial charge < -0.3 is 10.5 Å². The van der Waals surface area contributed by atoms with E-state index in [2.05, 4.69) is 6.92 Å². The maximum Gasteiger partial charge on any atom is 0.122 e. The number of benzene rings is 1. The van der Waals surface area contributed by atoms with Crippen LogP contribution < -0.4 is 10.5 Å². The van der Waals surface area contributed by atoms with Crippen LogP contribution >= 0.6 is 0 Å². The first-order valence-corrected chi connectivity index (χ1v) is 4.23. The fourth-order valence-electron chi connectivity index (χ4n) is 1.05. The van der Waals surface area contributed by atoms with Crippen molar-refractivity contribution in [3.63, 3.8) is 0 Å². The second-order valence-corrected chi connectivity index (χ2v) is 2.87. The minimum absolute atomic E-state index is 0.769. The standard InChI is InChI=1S/C10H15NO/c1-3-6-12-10-5-4-9(11)7-8(10)2/h4-5,7H,3,6,11H2,1-2H3. The van der Waals surface area contributed by atoms with Crippen molar-refractivity contribution in [3.05, 3.63) is 23.8 Å². The van der Waals surface area contributed by atoms with Crippen LogP contribution in [0.25, 0.3) is 0 Å². The topological polar surface area (TPSA) is 35.2 Å². The fourth-order valence-corrected chi connectivity index (χ4v) is 1.05. The van der Waals surface area contributed by atoms with Gasteiger partial charge in [0.2, 0.25) is 0 Å². The molecule has 0 heterocycles. The van der Waals surface area contributed by atoms with Crippen molar-refractivity contribution in [2.75, 3.05) is 12.3 Å². The van der Waals surface area contributed by atoms with E-state index < -0.39 is 0 Å². The Kier molecular flexibility index (Phi) is 2.97. The summed E-state index contributed by atoms with van der Waals surface area (Å²) in [5.41, 5.74) is 7.49. The highest BCUT2D eigenvalue weighted by atomic mass is 16.5. The molecule has 1 rings (SSSR count). The zero-order chi connectivity index (χ0) is 8.97. The molecule has 0 saturated heterocycles. The summed E-state index contributed by atoms with van der Waals surface area (Å²) >= 11 is 0. The van der Waals surface area contributed by atoms with Crippen LogP contribution in [-0.4, -0.2) is 6.61 Å². The smallest absolute Gasteiger partial charge is 0.122 e. The average molecular weight is 165 g/mol. The second-order valence-electron chi connectivity index (χ2n) is 2.87.